The third-order valence-electron chi connectivity index (χ3n) is 7.24. The zero-order valence-corrected chi connectivity index (χ0v) is 18.5. The topological polar surface area (TPSA) is 67.6 Å². The van der Waals surface area contributed by atoms with E-state index in [0.29, 0.717) is 50.3 Å². The van der Waals surface area contributed by atoms with Crippen LogP contribution in [0.25, 0.3) is 0 Å². The summed E-state index contributed by atoms with van der Waals surface area (Å²) in [7, 11) is 0. The highest BCUT2D eigenvalue weighted by Gasteiger charge is 2.48. The normalized spacial score (nSPS) is 19.9. The number of piperidine rings is 1. The van der Waals surface area contributed by atoms with Crippen molar-refractivity contribution in [2.45, 2.75) is 25.4 Å². The van der Waals surface area contributed by atoms with Crippen LogP contribution in [0.1, 0.15) is 29.5 Å². The molecule has 4 rings (SSSR count). The summed E-state index contributed by atoms with van der Waals surface area (Å²) in [6, 6.07) is 11.4. The average Bonchev–Trinajstić information content (AvgIpc) is 3.17. The summed E-state index contributed by atoms with van der Waals surface area (Å²) in [6.07, 6.45) is -3.47. The number of benzene rings is 2. The monoisotopic (exact) mass is 475 g/mol. The summed E-state index contributed by atoms with van der Waals surface area (Å²) in [5, 5.41) is 19.1. The number of hydrogen-bond donors (Lipinski definition) is 1. The van der Waals surface area contributed by atoms with Crippen LogP contribution in [0.4, 0.5) is 23.2 Å². The van der Waals surface area contributed by atoms with E-state index in [9.17, 15) is 27.5 Å². The molecule has 2 aromatic carbocycles. The molecule has 9 heteroatoms. The van der Waals surface area contributed by atoms with Crippen molar-refractivity contribution in [2.75, 3.05) is 37.7 Å². The molecule has 1 spiro atoms. The average molecular weight is 475 g/mol. The van der Waals surface area contributed by atoms with E-state index in [1.807, 2.05) is 4.90 Å². The van der Waals surface area contributed by atoms with E-state index in [0.717, 1.165) is 6.07 Å². The van der Waals surface area contributed by atoms with Crippen molar-refractivity contribution in [1.82, 2.24) is 4.90 Å². The first-order chi connectivity index (χ1) is 16.2. The lowest BCUT2D eigenvalue weighted by Crippen LogP contribution is -2.47. The third kappa shape index (κ3) is 4.60. The van der Waals surface area contributed by atoms with Crippen LogP contribution < -0.4 is 4.90 Å². The molecule has 2 aliphatic rings. The zero-order chi connectivity index (χ0) is 24.5. The largest absolute Gasteiger partial charge is 0.417 e. The molecule has 0 saturated carbocycles. The van der Waals surface area contributed by atoms with Crippen LogP contribution in [0.15, 0.2) is 42.5 Å². The molecule has 0 radical (unpaired) electrons. The van der Waals surface area contributed by atoms with Crippen LogP contribution in [0, 0.1) is 28.5 Å². The molecule has 1 atom stereocenters. The summed E-state index contributed by atoms with van der Waals surface area (Å²) >= 11 is 0. The Bertz CT molecular complexity index is 1100. The maximum Gasteiger partial charge on any atom is 0.417 e. The lowest BCUT2D eigenvalue weighted by molar-refractivity contribution is -0.137. The number of halogens is 4. The lowest BCUT2D eigenvalue weighted by Gasteiger charge is -2.42. The molecular formula is C25H25F4N3O2. The maximum atomic E-state index is 13.9. The molecule has 2 aliphatic heterocycles. The molecule has 2 heterocycles. The molecule has 0 aromatic heterocycles. The molecule has 180 valence electrons. The SMILES string of the molecule is N#Cc1ccc(N2CC(CO)C3(CCN(C(=O)Cc4ccccc4F)CC3)C2)cc1C(F)(F)F. The minimum absolute atomic E-state index is 0.0271. The third-order valence-corrected chi connectivity index (χ3v) is 7.24. The van der Waals surface area contributed by atoms with Crippen LogP contribution in [0.3, 0.4) is 0 Å². The van der Waals surface area contributed by atoms with E-state index in [2.05, 4.69) is 0 Å². The second-order valence-electron chi connectivity index (χ2n) is 9.11. The fraction of sp³-hybridized carbons (Fsp3) is 0.440. The van der Waals surface area contributed by atoms with Gasteiger partial charge in [0.15, 0.2) is 0 Å². The van der Waals surface area contributed by atoms with Crippen molar-refractivity contribution in [3.05, 3.63) is 65.0 Å². The van der Waals surface area contributed by atoms with E-state index in [1.165, 1.54) is 18.2 Å². The van der Waals surface area contributed by atoms with Crippen molar-refractivity contribution in [2.24, 2.45) is 11.3 Å². The smallest absolute Gasteiger partial charge is 0.396 e. The Morgan fingerprint density at radius 3 is 2.50 bits per heavy atom. The number of alkyl halides is 3. The van der Waals surface area contributed by atoms with E-state index < -0.39 is 23.1 Å². The number of aliphatic hydroxyl groups is 1. The summed E-state index contributed by atoms with van der Waals surface area (Å²) < 4.78 is 54.2. The molecule has 0 aliphatic carbocycles. The van der Waals surface area contributed by atoms with E-state index in [-0.39, 0.29) is 30.3 Å². The van der Waals surface area contributed by atoms with Crippen LogP contribution in [-0.2, 0) is 17.4 Å². The second kappa shape index (κ2) is 9.26. The van der Waals surface area contributed by atoms with E-state index in [4.69, 9.17) is 5.26 Å². The van der Waals surface area contributed by atoms with Gasteiger partial charge in [0.05, 0.1) is 23.6 Å². The molecule has 2 saturated heterocycles. The number of carbonyl (C=O) groups is 1. The zero-order valence-electron chi connectivity index (χ0n) is 18.5. The van der Waals surface area contributed by atoms with Gasteiger partial charge in [0.2, 0.25) is 5.91 Å². The van der Waals surface area contributed by atoms with Crippen molar-refractivity contribution in [3.63, 3.8) is 0 Å². The highest BCUT2D eigenvalue weighted by Crippen LogP contribution is 2.46. The van der Waals surface area contributed by atoms with Crippen LogP contribution in [-0.4, -0.2) is 48.7 Å². The minimum atomic E-state index is -4.64. The summed E-state index contributed by atoms with van der Waals surface area (Å²) in [5.74, 6) is -0.740. The molecule has 1 N–H and O–H groups in total. The number of carbonyl (C=O) groups excluding carboxylic acids is 1. The number of nitriles is 1. The Labute approximate surface area is 195 Å². The van der Waals surface area contributed by atoms with Gasteiger partial charge >= 0.3 is 6.18 Å². The highest BCUT2D eigenvalue weighted by atomic mass is 19.4. The first-order valence-electron chi connectivity index (χ1n) is 11.2. The van der Waals surface area contributed by atoms with Gasteiger partial charge in [-0.15, -0.1) is 0 Å². The summed E-state index contributed by atoms with van der Waals surface area (Å²) in [4.78, 5) is 16.2. The van der Waals surface area contributed by atoms with Gasteiger partial charge in [0, 0.05) is 44.4 Å². The maximum absolute atomic E-state index is 13.9. The molecule has 2 aromatic rings. The number of likely N-dealkylation sites (tertiary alicyclic amines) is 1. The van der Waals surface area contributed by atoms with Gasteiger partial charge in [-0.1, -0.05) is 18.2 Å². The molecule has 5 nitrogen and oxygen atoms in total. The van der Waals surface area contributed by atoms with Gasteiger partial charge in [-0.05, 0) is 48.1 Å². The quantitative estimate of drug-likeness (QED) is 0.679. The second-order valence-corrected chi connectivity index (χ2v) is 9.11. The number of nitrogens with zero attached hydrogens (tertiary/aromatic N) is 3. The predicted molar refractivity (Wildman–Crippen MR) is 117 cm³/mol. The fourth-order valence-corrected chi connectivity index (χ4v) is 5.23. The van der Waals surface area contributed by atoms with Crippen molar-refractivity contribution >= 4 is 11.6 Å². The lowest BCUT2D eigenvalue weighted by atomic mass is 9.71. The van der Waals surface area contributed by atoms with Gasteiger partial charge < -0.3 is 14.9 Å². The molecular weight excluding hydrogens is 450 g/mol. The van der Waals surface area contributed by atoms with Gasteiger partial charge in [0.1, 0.15) is 5.82 Å². The Balaban J connectivity index is 1.47. The predicted octanol–water partition coefficient (Wildman–Crippen LogP) is 4.00. The number of aliphatic hydroxyl groups excluding tert-OH is 1. The Hall–Kier alpha value is -3.12. The van der Waals surface area contributed by atoms with Crippen LogP contribution in [0.5, 0.6) is 0 Å². The van der Waals surface area contributed by atoms with Crippen molar-refractivity contribution in [3.8, 4) is 6.07 Å². The standard InChI is InChI=1S/C25H25F4N3O2/c26-22-4-2-1-3-17(22)11-23(34)31-9-7-24(8-10-31)16-32(14-19(24)15-33)20-6-5-18(13-30)21(12-20)25(27,28)29/h1-6,12,19,33H,7-11,14-16H2. The highest BCUT2D eigenvalue weighted by molar-refractivity contribution is 5.79. The first kappa shape index (κ1) is 24.0. The van der Waals surface area contributed by atoms with Gasteiger partial charge in [-0.25, -0.2) is 4.39 Å². The van der Waals surface area contributed by atoms with Crippen LogP contribution in [0.2, 0.25) is 0 Å². The van der Waals surface area contributed by atoms with E-state index >= 15 is 0 Å². The summed E-state index contributed by atoms with van der Waals surface area (Å²) in [5.41, 5.74) is -1.03. The van der Waals surface area contributed by atoms with Crippen LogP contribution >= 0.6 is 0 Å². The van der Waals surface area contributed by atoms with E-state index in [1.54, 1.807) is 29.2 Å². The number of hydrogen-bond acceptors (Lipinski definition) is 4. The first-order valence-corrected chi connectivity index (χ1v) is 11.2. The van der Waals surface area contributed by atoms with Gasteiger partial charge in [-0.3, -0.25) is 4.79 Å². The van der Waals surface area contributed by atoms with Crippen molar-refractivity contribution in [1.29, 1.82) is 5.26 Å². The minimum Gasteiger partial charge on any atom is -0.396 e. The molecule has 0 bridgehead atoms. The fourth-order valence-electron chi connectivity index (χ4n) is 5.23. The van der Waals surface area contributed by atoms with Gasteiger partial charge in [0.25, 0.3) is 0 Å². The molecule has 34 heavy (non-hydrogen) atoms. The Morgan fingerprint density at radius 1 is 1.18 bits per heavy atom. The number of amides is 1. The van der Waals surface area contributed by atoms with Crippen molar-refractivity contribution < 1.29 is 27.5 Å². The number of rotatable bonds is 4. The Morgan fingerprint density at radius 2 is 1.88 bits per heavy atom. The summed E-state index contributed by atoms with van der Waals surface area (Å²) in [6.45, 7) is 1.62. The van der Waals surface area contributed by atoms with Gasteiger partial charge in [-0.2, -0.15) is 18.4 Å². The molecule has 2 fully saturated rings. The molecule has 1 amide bonds. The Kier molecular flexibility index (Phi) is 6.54. The number of anilines is 1. The molecule has 1 unspecified atom stereocenters.